The van der Waals surface area contributed by atoms with Crippen LogP contribution < -0.4 is 0 Å². The average Bonchev–Trinajstić information content (AvgIpc) is 2.50. The van der Waals surface area contributed by atoms with Crippen LogP contribution in [0.4, 0.5) is 0 Å². The lowest BCUT2D eigenvalue weighted by atomic mass is 9.36. The molecule has 2 N–H and O–H groups in total. The first kappa shape index (κ1) is 16.5. The minimum atomic E-state index is -0.930. The van der Waals surface area contributed by atoms with Gasteiger partial charge in [0, 0.05) is 18.3 Å². The van der Waals surface area contributed by atoms with Gasteiger partial charge in [0.15, 0.2) is 5.78 Å². The summed E-state index contributed by atoms with van der Waals surface area (Å²) >= 11 is 0. The van der Waals surface area contributed by atoms with Gasteiger partial charge in [0.05, 0.1) is 11.5 Å². The monoisotopic (exact) mass is 332 g/mol. The predicted molar refractivity (Wildman–Crippen MR) is 89.0 cm³/mol. The smallest absolute Gasteiger partial charge is 0.162 e. The van der Waals surface area contributed by atoms with Crippen LogP contribution in [0.25, 0.3) is 0 Å². The number of ketones is 2. The highest BCUT2D eigenvalue weighted by Crippen LogP contribution is 2.70. The molecule has 1 spiro atoms. The van der Waals surface area contributed by atoms with Gasteiger partial charge in [-0.05, 0) is 48.0 Å². The molecule has 0 radical (unpaired) electrons. The van der Waals surface area contributed by atoms with Crippen LogP contribution in [0.5, 0.6) is 0 Å². The molecule has 7 atom stereocenters. The third-order valence-corrected chi connectivity index (χ3v) is 8.36. The van der Waals surface area contributed by atoms with Crippen molar-refractivity contribution in [3.05, 3.63) is 12.2 Å². The second kappa shape index (κ2) is 4.59. The second-order valence-corrected chi connectivity index (χ2v) is 9.59. The average molecular weight is 332 g/mol. The topological polar surface area (TPSA) is 74.6 Å². The van der Waals surface area contributed by atoms with Crippen molar-refractivity contribution in [2.45, 2.75) is 65.1 Å². The molecule has 2 bridgehead atoms. The van der Waals surface area contributed by atoms with E-state index in [1.807, 2.05) is 13.8 Å². The van der Waals surface area contributed by atoms with Crippen LogP contribution in [0.3, 0.4) is 0 Å². The molecule has 5 aliphatic carbocycles. The highest BCUT2D eigenvalue weighted by Gasteiger charge is 2.71. The summed E-state index contributed by atoms with van der Waals surface area (Å²) in [6, 6.07) is 0. The van der Waals surface area contributed by atoms with Gasteiger partial charge in [0.25, 0.3) is 0 Å². The normalized spacial score (nSPS) is 52.9. The van der Waals surface area contributed by atoms with Crippen molar-refractivity contribution >= 4 is 11.6 Å². The number of hydrogen-bond acceptors (Lipinski definition) is 4. The van der Waals surface area contributed by atoms with Gasteiger partial charge < -0.3 is 10.2 Å². The highest BCUT2D eigenvalue weighted by molar-refractivity contribution is 5.91. The lowest BCUT2D eigenvalue weighted by molar-refractivity contribution is -0.213. The number of hydrogen-bond donors (Lipinski definition) is 2. The van der Waals surface area contributed by atoms with Gasteiger partial charge in [-0.2, -0.15) is 0 Å². The van der Waals surface area contributed by atoms with Crippen molar-refractivity contribution in [2.24, 2.45) is 34.0 Å². The number of aliphatic hydroxyl groups excluding tert-OH is 2. The number of carbonyl (C=O) groups excluding carboxylic acids is 2. The van der Waals surface area contributed by atoms with Gasteiger partial charge in [0.1, 0.15) is 11.9 Å². The first-order chi connectivity index (χ1) is 11.1. The van der Waals surface area contributed by atoms with E-state index in [2.05, 4.69) is 13.5 Å². The summed E-state index contributed by atoms with van der Waals surface area (Å²) in [5.74, 6) is 0.282. The summed E-state index contributed by atoms with van der Waals surface area (Å²) < 4.78 is 0. The van der Waals surface area contributed by atoms with E-state index in [4.69, 9.17) is 0 Å². The summed E-state index contributed by atoms with van der Waals surface area (Å²) in [4.78, 5) is 25.5. The van der Waals surface area contributed by atoms with E-state index in [0.29, 0.717) is 19.3 Å². The SMILES string of the molecule is C=C1[C@H]2CC(=O)[C@@]3(CC[C@@H]4C(C)(C)[C@H](O)C(=O)C[C@@]4(C)[C@@H]3C2)[C@H]1O. The van der Waals surface area contributed by atoms with Crippen LogP contribution in [0.15, 0.2) is 12.2 Å². The third kappa shape index (κ3) is 1.62. The van der Waals surface area contributed by atoms with E-state index < -0.39 is 23.0 Å². The molecule has 4 heteroatoms. The van der Waals surface area contributed by atoms with Crippen molar-refractivity contribution in [2.75, 3.05) is 0 Å². The minimum Gasteiger partial charge on any atom is -0.388 e. The number of rotatable bonds is 0. The molecule has 5 aliphatic rings. The highest BCUT2D eigenvalue weighted by atomic mass is 16.3. The molecule has 24 heavy (non-hydrogen) atoms. The lowest BCUT2D eigenvalue weighted by Crippen LogP contribution is -2.69. The predicted octanol–water partition coefficient (Wildman–Crippen LogP) is 2.28. The zero-order valence-corrected chi connectivity index (χ0v) is 14.8. The summed E-state index contributed by atoms with van der Waals surface area (Å²) in [6.45, 7) is 10.2. The van der Waals surface area contributed by atoms with E-state index in [1.54, 1.807) is 0 Å². The number of aliphatic hydroxyl groups is 2. The van der Waals surface area contributed by atoms with Gasteiger partial charge in [-0.3, -0.25) is 9.59 Å². The van der Waals surface area contributed by atoms with Gasteiger partial charge in [-0.25, -0.2) is 0 Å². The van der Waals surface area contributed by atoms with E-state index in [-0.39, 0.29) is 34.7 Å². The molecule has 5 fully saturated rings. The maximum Gasteiger partial charge on any atom is 0.162 e. The molecule has 0 amide bonds. The molecule has 5 rings (SSSR count). The van der Waals surface area contributed by atoms with Gasteiger partial charge in [0.2, 0.25) is 0 Å². The largest absolute Gasteiger partial charge is 0.388 e. The van der Waals surface area contributed by atoms with Gasteiger partial charge in [-0.1, -0.05) is 27.4 Å². The van der Waals surface area contributed by atoms with Crippen LogP contribution >= 0.6 is 0 Å². The van der Waals surface area contributed by atoms with Crippen LogP contribution in [-0.2, 0) is 9.59 Å². The molecule has 4 nitrogen and oxygen atoms in total. The van der Waals surface area contributed by atoms with E-state index in [9.17, 15) is 19.8 Å². The summed E-state index contributed by atoms with van der Waals surface area (Å²) in [5.41, 5.74) is -0.772. The Balaban J connectivity index is 1.85. The fourth-order valence-electron chi connectivity index (χ4n) is 7.18. The molecule has 0 unspecified atom stereocenters. The van der Waals surface area contributed by atoms with E-state index >= 15 is 0 Å². The molecule has 0 aromatic rings. The van der Waals surface area contributed by atoms with Crippen LogP contribution in [0, 0.1) is 34.0 Å². The van der Waals surface area contributed by atoms with Gasteiger partial charge >= 0.3 is 0 Å². The quantitative estimate of drug-likeness (QED) is 0.667. The Morgan fingerprint density at radius 3 is 2.42 bits per heavy atom. The first-order valence-corrected chi connectivity index (χ1v) is 9.17. The Kier molecular flexibility index (Phi) is 3.15. The molecular formula is C20H28O4. The van der Waals surface area contributed by atoms with Crippen molar-refractivity contribution < 1.29 is 19.8 Å². The van der Waals surface area contributed by atoms with Gasteiger partial charge in [-0.15, -0.1) is 0 Å². The van der Waals surface area contributed by atoms with Crippen LogP contribution in [0.1, 0.15) is 52.9 Å². The number of Topliss-reactive ketones (excluding diaryl/α,β-unsaturated/α-hetero) is 2. The summed E-state index contributed by atoms with van der Waals surface area (Å²) in [6.07, 6.45) is 1.36. The zero-order chi connectivity index (χ0) is 17.7. The lowest BCUT2D eigenvalue weighted by Gasteiger charge is -2.68. The van der Waals surface area contributed by atoms with E-state index in [0.717, 1.165) is 18.4 Å². The maximum atomic E-state index is 13.0. The van der Waals surface area contributed by atoms with Crippen molar-refractivity contribution in [3.63, 3.8) is 0 Å². The molecule has 0 aromatic heterocycles. The standard InChI is InChI=1S/C20H28O4/c1-10-11-7-14-19(4)9-12(21)17(24)18(2,3)13(19)5-6-20(14,16(10)23)15(22)8-11/h11,13-14,16-17,23-24H,1,5-9H2,2-4H3/t11-,13-,14+,16+,17-,19-,20+/m1/s1. The Bertz CT molecular complexity index is 650. The zero-order valence-electron chi connectivity index (χ0n) is 14.8. The number of carbonyl (C=O) groups is 2. The Labute approximate surface area is 143 Å². The molecule has 5 saturated carbocycles. The maximum absolute atomic E-state index is 13.0. The first-order valence-electron chi connectivity index (χ1n) is 9.17. The summed E-state index contributed by atoms with van der Waals surface area (Å²) in [5, 5.41) is 21.4. The third-order valence-electron chi connectivity index (χ3n) is 8.36. The molecule has 0 aromatic carbocycles. The Morgan fingerprint density at radius 1 is 1.08 bits per heavy atom. The van der Waals surface area contributed by atoms with Crippen LogP contribution in [0.2, 0.25) is 0 Å². The fourth-order valence-corrected chi connectivity index (χ4v) is 7.18. The van der Waals surface area contributed by atoms with Crippen LogP contribution in [-0.4, -0.2) is 34.0 Å². The minimum absolute atomic E-state index is 0.00576. The molecule has 0 aliphatic heterocycles. The molecular weight excluding hydrogens is 304 g/mol. The fraction of sp³-hybridized carbons (Fsp3) is 0.800. The molecule has 0 saturated heterocycles. The summed E-state index contributed by atoms with van der Waals surface area (Å²) in [7, 11) is 0. The van der Waals surface area contributed by atoms with Crippen molar-refractivity contribution in [1.82, 2.24) is 0 Å². The van der Waals surface area contributed by atoms with Crippen molar-refractivity contribution in [1.29, 1.82) is 0 Å². The Hall–Kier alpha value is -1.00. The van der Waals surface area contributed by atoms with Crippen molar-refractivity contribution in [3.8, 4) is 0 Å². The number of fused-ring (bicyclic) bond motifs is 3. The van der Waals surface area contributed by atoms with E-state index in [1.165, 1.54) is 0 Å². The Morgan fingerprint density at radius 2 is 1.75 bits per heavy atom. The molecule has 0 heterocycles. The second-order valence-electron chi connectivity index (χ2n) is 9.59. The molecule has 132 valence electrons.